The van der Waals surface area contributed by atoms with E-state index in [1.165, 1.54) is 11.3 Å². The van der Waals surface area contributed by atoms with Gasteiger partial charge in [0.1, 0.15) is 4.88 Å². The lowest BCUT2D eigenvalue weighted by molar-refractivity contribution is 0.0752. The van der Waals surface area contributed by atoms with Gasteiger partial charge in [0, 0.05) is 26.2 Å². The van der Waals surface area contributed by atoms with Crippen molar-refractivity contribution >= 4 is 40.2 Å². The van der Waals surface area contributed by atoms with Gasteiger partial charge in [0.15, 0.2) is 0 Å². The van der Waals surface area contributed by atoms with Crippen LogP contribution in [0.4, 0.5) is 11.4 Å². The van der Waals surface area contributed by atoms with Crippen LogP contribution in [0.3, 0.4) is 0 Å². The molecule has 1 aromatic heterocycles. The number of carbonyl (C=O) groups excluding carboxylic acids is 1. The molecule has 1 saturated heterocycles. The predicted octanol–water partition coefficient (Wildman–Crippen LogP) is 2.95. The molecular formula is C15H16ClN3OS. The Balaban J connectivity index is 1.67. The van der Waals surface area contributed by atoms with Crippen LogP contribution < -0.4 is 10.6 Å². The molecule has 4 nitrogen and oxygen atoms in total. The van der Waals surface area contributed by atoms with E-state index in [9.17, 15) is 4.79 Å². The molecule has 0 bridgehead atoms. The van der Waals surface area contributed by atoms with Gasteiger partial charge in [-0.2, -0.15) is 0 Å². The Morgan fingerprint density at radius 2 is 1.86 bits per heavy atom. The van der Waals surface area contributed by atoms with E-state index in [0.717, 1.165) is 23.8 Å². The second-order valence-electron chi connectivity index (χ2n) is 4.94. The Bertz CT molecular complexity index is 650. The smallest absolute Gasteiger partial charge is 0.266 e. The Labute approximate surface area is 132 Å². The number of nitrogens with zero attached hydrogens (tertiary/aromatic N) is 2. The maximum absolute atomic E-state index is 12.4. The van der Waals surface area contributed by atoms with Crippen molar-refractivity contribution in [3.05, 3.63) is 45.6 Å². The summed E-state index contributed by atoms with van der Waals surface area (Å²) in [4.78, 5) is 17.1. The molecule has 110 valence electrons. The highest BCUT2D eigenvalue weighted by Crippen LogP contribution is 2.27. The van der Waals surface area contributed by atoms with Crippen molar-refractivity contribution < 1.29 is 4.79 Å². The summed E-state index contributed by atoms with van der Waals surface area (Å²) in [6.07, 6.45) is 0. The monoisotopic (exact) mass is 321 g/mol. The molecule has 0 atom stereocenters. The minimum absolute atomic E-state index is 0.0290. The van der Waals surface area contributed by atoms with E-state index in [0.29, 0.717) is 23.7 Å². The lowest BCUT2D eigenvalue weighted by atomic mass is 10.2. The van der Waals surface area contributed by atoms with Gasteiger partial charge in [-0.15, -0.1) is 11.3 Å². The molecule has 0 radical (unpaired) electrons. The van der Waals surface area contributed by atoms with E-state index in [2.05, 4.69) is 4.90 Å². The highest BCUT2D eigenvalue weighted by atomic mass is 35.5. The molecule has 6 heteroatoms. The van der Waals surface area contributed by atoms with Crippen LogP contribution in [-0.2, 0) is 0 Å². The van der Waals surface area contributed by atoms with E-state index >= 15 is 0 Å². The summed E-state index contributed by atoms with van der Waals surface area (Å²) in [6, 6.07) is 9.58. The number of rotatable bonds is 2. The Kier molecular flexibility index (Phi) is 4.03. The average molecular weight is 322 g/mol. The zero-order valence-corrected chi connectivity index (χ0v) is 13.0. The van der Waals surface area contributed by atoms with Crippen LogP contribution in [0.25, 0.3) is 0 Å². The number of anilines is 2. The zero-order valence-electron chi connectivity index (χ0n) is 11.5. The van der Waals surface area contributed by atoms with Gasteiger partial charge < -0.3 is 15.5 Å². The number of benzene rings is 1. The number of nitrogens with two attached hydrogens (primary N) is 1. The molecule has 1 aliphatic heterocycles. The van der Waals surface area contributed by atoms with Crippen molar-refractivity contribution in [2.24, 2.45) is 0 Å². The van der Waals surface area contributed by atoms with Crippen LogP contribution >= 0.6 is 22.9 Å². The average Bonchev–Trinajstić information content (AvgIpc) is 2.93. The fourth-order valence-corrected chi connectivity index (χ4v) is 3.54. The number of nitrogen functional groups attached to an aromatic ring is 1. The first-order valence-corrected chi connectivity index (χ1v) is 8.04. The van der Waals surface area contributed by atoms with Crippen molar-refractivity contribution in [1.82, 2.24) is 4.90 Å². The summed E-state index contributed by atoms with van der Waals surface area (Å²) in [5.41, 5.74) is 7.42. The number of amides is 1. The Hall–Kier alpha value is -1.72. The predicted molar refractivity (Wildman–Crippen MR) is 88.3 cm³/mol. The quantitative estimate of drug-likeness (QED) is 0.925. The van der Waals surface area contributed by atoms with Gasteiger partial charge in [0.2, 0.25) is 0 Å². The maximum Gasteiger partial charge on any atom is 0.266 e. The molecular weight excluding hydrogens is 306 g/mol. The molecule has 3 rings (SSSR count). The first kappa shape index (κ1) is 14.2. The molecule has 0 unspecified atom stereocenters. The zero-order chi connectivity index (χ0) is 14.8. The van der Waals surface area contributed by atoms with E-state index in [-0.39, 0.29) is 5.91 Å². The van der Waals surface area contributed by atoms with Crippen molar-refractivity contribution in [2.75, 3.05) is 36.8 Å². The highest BCUT2D eigenvalue weighted by molar-refractivity contribution is 7.12. The SMILES string of the molecule is Nc1ccsc1C(=O)N1CCN(c2ccccc2Cl)CC1. The van der Waals surface area contributed by atoms with Crippen molar-refractivity contribution in [1.29, 1.82) is 0 Å². The largest absolute Gasteiger partial charge is 0.397 e. The van der Waals surface area contributed by atoms with Crippen LogP contribution in [0.2, 0.25) is 5.02 Å². The number of hydrogen-bond acceptors (Lipinski definition) is 4. The van der Waals surface area contributed by atoms with E-state index in [1.807, 2.05) is 34.5 Å². The minimum Gasteiger partial charge on any atom is -0.397 e. The number of halogens is 1. The topological polar surface area (TPSA) is 49.6 Å². The molecule has 0 saturated carbocycles. The highest BCUT2D eigenvalue weighted by Gasteiger charge is 2.24. The molecule has 0 aliphatic carbocycles. The van der Waals surface area contributed by atoms with Gasteiger partial charge in [0.25, 0.3) is 5.91 Å². The van der Waals surface area contributed by atoms with Crippen LogP contribution in [0.5, 0.6) is 0 Å². The molecule has 2 N–H and O–H groups in total. The van der Waals surface area contributed by atoms with E-state index in [1.54, 1.807) is 6.07 Å². The Morgan fingerprint density at radius 1 is 1.14 bits per heavy atom. The van der Waals surface area contributed by atoms with Crippen LogP contribution in [-0.4, -0.2) is 37.0 Å². The van der Waals surface area contributed by atoms with E-state index < -0.39 is 0 Å². The first-order valence-electron chi connectivity index (χ1n) is 6.78. The molecule has 2 heterocycles. The summed E-state index contributed by atoms with van der Waals surface area (Å²) < 4.78 is 0. The second kappa shape index (κ2) is 5.95. The summed E-state index contributed by atoms with van der Waals surface area (Å²) in [6.45, 7) is 2.92. The summed E-state index contributed by atoms with van der Waals surface area (Å²) >= 11 is 7.62. The lowest BCUT2D eigenvalue weighted by Crippen LogP contribution is -2.48. The Morgan fingerprint density at radius 3 is 2.48 bits per heavy atom. The summed E-state index contributed by atoms with van der Waals surface area (Å²) in [5, 5.41) is 2.60. The maximum atomic E-state index is 12.4. The number of piperazine rings is 1. The van der Waals surface area contributed by atoms with Gasteiger partial charge in [-0.05, 0) is 23.6 Å². The molecule has 2 aromatic rings. The molecule has 1 amide bonds. The van der Waals surface area contributed by atoms with E-state index in [4.69, 9.17) is 17.3 Å². The van der Waals surface area contributed by atoms with Gasteiger partial charge in [-0.25, -0.2) is 0 Å². The van der Waals surface area contributed by atoms with Crippen molar-refractivity contribution in [3.63, 3.8) is 0 Å². The number of carbonyl (C=O) groups is 1. The third kappa shape index (κ3) is 2.84. The number of thiophene rings is 1. The van der Waals surface area contributed by atoms with Crippen molar-refractivity contribution in [2.45, 2.75) is 0 Å². The summed E-state index contributed by atoms with van der Waals surface area (Å²) in [5.74, 6) is 0.0290. The fraction of sp³-hybridized carbons (Fsp3) is 0.267. The molecule has 0 spiro atoms. The summed E-state index contributed by atoms with van der Waals surface area (Å²) in [7, 11) is 0. The van der Waals surface area contributed by atoms with Crippen LogP contribution in [0.1, 0.15) is 9.67 Å². The van der Waals surface area contributed by atoms with Gasteiger partial charge in [-0.1, -0.05) is 23.7 Å². The lowest BCUT2D eigenvalue weighted by Gasteiger charge is -2.36. The first-order chi connectivity index (χ1) is 10.2. The standard InChI is InChI=1S/C15H16ClN3OS/c16-11-3-1-2-4-13(11)18-6-8-19(9-7-18)15(20)14-12(17)5-10-21-14/h1-5,10H,6-9,17H2. The molecule has 1 aromatic carbocycles. The molecule has 1 fully saturated rings. The normalized spacial score (nSPS) is 15.3. The number of hydrogen-bond donors (Lipinski definition) is 1. The van der Waals surface area contributed by atoms with Crippen LogP contribution in [0, 0.1) is 0 Å². The van der Waals surface area contributed by atoms with Gasteiger partial charge >= 0.3 is 0 Å². The molecule has 1 aliphatic rings. The van der Waals surface area contributed by atoms with Gasteiger partial charge in [-0.3, -0.25) is 4.79 Å². The third-order valence-corrected chi connectivity index (χ3v) is 4.89. The van der Waals surface area contributed by atoms with Crippen molar-refractivity contribution in [3.8, 4) is 0 Å². The van der Waals surface area contributed by atoms with Gasteiger partial charge in [0.05, 0.1) is 16.4 Å². The fourth-order valence-electron chi connectivity index (χ4n) is 2.50. The second-order valence-corrected chi connectivity index (χ2v) is 6.26. The molecule has 21 heavy (non-hydrogen) atoms. The number of para-hydroxylation sites is 1. The third-order valence-electron chi connectivity index (χ3n) is 3.65. The van der Waals surface area contributed by atoms with Crippen LogP contribution in [0.15, 0.2) is 35.7 Å². The minimum atomic E-state index is 0.0290.